The molecule has 0 saturated carbocycles. The Morgan fingerprint density at radius 1 is 0.971 bits per heavy atom. The summed E-state index contributed by atoms with van der Waals surface area (Å²) in [6, 6.07) is 10.7. The molecule has 2 aromatic carbocycles. The second kappa shape index (κ2) is 13.6. The number of nitrogens with zero attached hydrogens (tertiary/aromatic N) is 1. The van der Waals surface area contributed by atoms with Crippen molar-refractivity contribution >= 4 is 29.5 Å². The second-order valence-corrected chi connectivity index (χ2v) is 7.57. The van der Waals surface area contributed by atoms with Crippen molar-refractivity contribution in [3.63, 3.8) is 0 Å². The Morgan fingerprint density at radius 3 is 2.26 bits per heavy atom. The first-order chi connectivity index (χ1) is 16.8. The van der Waals surface area contributed by atoms with Gasteiger partial charge in [-0.25, -0.2) is 4.79 Å². The molecule has 2 amide bonds. The molecule has 9 nitrogen and oxygen atoms in total. The highest BCUT2D eigenvalue weighted by molar-refractivity contribution is 5.95. The molecule has 0 heterocycles. The Morgan fingerprint density at radius 2 is 1.63 bits per heavy atom. The lowest BCUT2D eigenvalue weighted by Gasteiger charge is -2.21. The topological polar surface area (TPSA) is 103 Å². The van der Waals surface area contributed by atoms with Crippen LogP contribution in [0.15, 0.2) is 42.5 Å². The molecule has 0 fully saturated rings. The van der Waals surface area contributed by atoms with E-state index >= 15 is 0 Å². The summed E-state index contributed by atoms with van der Waals surface area (Å²) in [6.45, 7) is 3.51. The second-order valence-electron chi connectivity index (χ2n) is 7.57. The largest absolute Gasteiger partial charge is 0.496 e. The number of anilines is 1. The van der Waals surface area contributed by atoms with Crippen LogP contribution in [0.25, 0.3) is 6.08 Å². The van der Waals surface area contributed by atoms with Crippen molar-refractivity contribution in [1.82, 2.24) is 4.90 Å². The molecule has 35 heavy (non-hydrogen) atoms. The molecule has 188 valence electrons. The van der Waals surface area contributed by atoms with Crippen molar-refractivity contribution in [2.24, 2.45) is 0 Å². The maximum atomic E-state index is 12.6. The fourth-order valence-electron chi connectivity index (χ4n) is 3.25. The van der Waals surface area contributed by atoms with Gasteiger partial charge < -0.3 is 29.2 Å². The lowest BCUT2D eigenvalue weighted by atomic mass is 10.1. The predicted molar refractivity (Wildman–Crippen MR) is 133 cm³/mol. The van der Waals surface area contributed by atoms with Gasteiger partial charge in [0.05, 0.1) is 27.9 Å². The third kappa shape index (κ3) is 8.06. The number of ether oxygens (including phenoxy) is 4. The SMILES string of the molecule is CCCN(CC(=O)Nc1ccccc1C)C(=O)COC(=O)/C=C/c1cc(OC)c(OC)cc1OC. The van der Waals surface area contributed by atoms with Gasteiger partial charge in [-0.1, -0.05) is 25.1 Å². The molecule has 0 unspecified atom stereocenters. The van der Waals surface area contributed by atoms with Crippen LogP contribution in [-0.2, 0) is 19.1 Å². The molecule has 9 heteroatoms. The molecule has 1 N–H and O–H groups in total. The molecule has 2 rings (SSSR count). The molecular formula is C26H32N2O7. The van der Waals surface area contributed by atoms with Crippen LogP contribution in [0.1, 0.15) is 24.5 Å². The summed E-state index contributed by atoms with van der Waals surface area (Å²) in [5.74, 6) is -0.0783. The number of aryl methyl sites for hydroxylation is 1. The minimum absolute atomic E-state index is 0.142. The fourth-order valence-corrected chi connectivity index (χ4v) is 3.25. The van der Waals surface area contributed by atoms with E-state index < -0.39 is 18.5 Å². The van der Waals surface area contributed by atoms with E-state index in [4.69, 9.17) is 18.9 Å². The van der Waals surface area contributed by atoms with Crippen LogP contribution >= 0.6 is 0 Å². The summed E-state index contributed by atoms with van der Waals surface area (Å²) in [6.07, 6.45) is 3.33. The molecule has 0 saturated heterocycles. The highest BCUT2D eigenvalue weighted by Crippen LogP contribution is 2.35. The number of nitrogens with one attached hydrogen (secondary N) is 1. The first-order valence-corrected chi connectivity index (χ1v) is 11.1. The van der Waals surface area contributed by atoms with Crippen molar-refractivity contribution < 1.29 is 33.3 Å². The van der Waals surface area contributed by atoms with E-state index in [0.29, 0.717) is 41.5 Å². The first-order valence-electron chi connectivity index (χ1n) is 11.1. The van der Waals surface area contributed by atoms with E-state index in [0.717, 1.165) is 5.56 Å². The average Bonchev–Trinajstić information content (AvgIpc) is 2.86. The van der Waals surface area contributed by atoms with Gasteiger partial charge in [-0.2, -0.15) is 0 Å². The lowest BCUT2D eigenvalue weighted by Crippen LogP contribution is -2.40. The summed E-state index contributed by atoms with van der Waals surface area (Å²) in [4.78, 5) is 38.7. The van der Waals surface area contributed by atoms with Gasteiger partial charge in [-0.3, -0.25) is 9.59 Å². The monoisotopic (exact) mass is 484 g/mol. The summed E-state index contributed by atoms with van der Waals surface area (Å²) < 4.78 is 20.9. The van der Waals surface area contributed by atoms with Crippen molar-refractivity contribution in [3.05, 3.63) is 53.6 Å². The molecule has 0 radical (unpaired) electrons. The summed E-state index contributed by atoms with van der Waals surface area (Å²) >= 11 is 0. The van der Waals surface area contributed by atoms with E-state index in [-0.39, 0.29) is 12.5 Å². The van der Waals surface area contributed by atoms with Crippen LogP contribution in [0.4, 0.5) is 5.69 Å². The molecule has 0 aromatic heterocycles. The van der Waals surface area contributed by atoms with Crippen molar-refractivity contribution in [2.45, 2.75) is 20.3 Å². The highest BCUT2D eigenvalue weighted by atomic mass is 16.5. The number of carbonyl (C=O) groups is 3. The average molecular weight is 485 g/mol. The highest BCUT2D eigenvalue weighted by Gasteiger charge is 2.18. The summed E-state index contributed by atoms with van der Waals surface area (Å²) in [5.41, 5.74) is 2.17. The van der Waals surface area contributed by atoms with Crippen molar-refractivity contribution in [2.75, 3.05) is 46.3 Å². The van der Waals surface area contributed by atoms with E-state index in [1.807, 2.05) is 32.0 Å². The number of esters is 1. The standard InChI is InChI=1S/C26H32N2O7/c1-6-13-28(16-24(29)27-20-10-8-7-9-18(20)2)25(30)17-35-26(31)12-11-19-14-22(33-4)23(34-5)15-21(19)32-3/h7-12,14-15H,6,13,16-17H2,1-5H3,(H,27,29)/b12-11+. The van der Waals surface area contributed by atoms with Gasteiger partial charge in [0.25, 0.3) is 5.91 Å². The molecule has 0 bridgehead atoms. The fraction of sp³-hybridized carbons (Fsp3) is 0.346. The smallest absolute Gasteiger partial charge is 0.331 e. The third-order valence-electron chi connectivity index (χ3n) is 5.07. The number of amides is 2. The molecule has 0 atom stereocenters. The number of hydrogen-bond donors (Lipinski definition) is 1. The molecule has 0 aliphatic rings. The summed E-state index contributed by atoms with van der Waals surface area (Å²) in [5, 5.41) is 2.80. The quantitative estimate of drug-likeness (QED) is 0.364. The Kier molecular flexibility index (Phi) is 10.6. The molecular weight excluding hydrogens is 452 g/mol. The van der Waals surface area contributed by atoms with E-state index in [1.54, 1.807) is 18.2 Å². The van der Waals surface area contributed by atoms with Crippen LogP contribution in [0.2, 0.25) is 0 Å². The zero-order valence-electron chi connectivity index (χ0n) is 20.8. The van der Waals surface area contributed by atoms with Crippen molar-refractivity contribution in [3.8, 4) is 17.2 Å². The van der Waals surface area contributed by atoms with E-state index in [2.05, 4.69) is 5.32 Å². The Hall–Kier alpha value is -4.01. The van der Waals surface area contributed by atoms with Crippen LogP contribution in [0, 0.1) is 6.92 Å². The summed E-state index contributed by atoms with van der Waals surface area (Å²) in [7, 11) is 4.50. The van der Waals surface area contributed by atoms with E-state index in [1.165, 1.54) is 38.4 Å². The maximum Gasteiger partial charge on any atom is 0.331 e. The lowest BCUT2D eigenvalue weighted by molar-refractivity contribution is -0.148. The molecule has 0 aliphatic carbocycles. The minimum Gasteiger partial charge on any atom is -0.496 e. The van der Waals surface area contributed by atoms with Gasteiger partial charge >= 0.3 is 5.97 Å². The van der Waals surface area contributed by atoms with Crippen LogP contribution < -0.4 is 19.5 Å². The number of para-hydroxylation sites is 1. The predicted octanol–water partition coefficient (Wildman–Crippen LogP) is 3.45. The molecule has 0 spiro atoms. The Labute approximate surface area is 205 Å². The minimum atomic E-state index is -0.712. The number of hydrogen-bond acceptors (Lipinski definition) is 7. The third-order valence-corrected chi connectivity index (χ3v) is 5.07. The van der Waals surface area contributed by atoms with Crippen LogP contribution in [-0.4, -0.2) is 63.7 Å². The van der Waals surface area contributed by atoms with Crippen LogP contribution in [0.5, 0.6) is 17.2 Å². The number of benzene rings is 2. The molecule has 0 aliphatic heterocycles. The Bertz CT molecular complexity index is 1070. The van der Waals surface area contributed by atoms with Gasteiger partial charge in [0.15, 0.2) is 18.1 Å². The van der Waals surface area contributed by atoms with Crippen molar-refractivity contribution in [1.29, 1.82) is 0 Å². The Balaban J connectivity index is 1.97. The van der Waals surface area contributed by atoms with Gasteiger partial charge in [0.2, 0.25) is 5.91 Å². The number of methoxy groups -OCH3 is 3. The maximum absolute atomic E-state index is 12.6. The van der Waals surface area contributed by atoms with E-state index in [9.17, 15) is 14.4 Å². The zero-order chi connectivity index (χ0) is 25.8. The van der Waals surface area contributed by atoms with Crippen LogP contribution in [0.3, 0.4) is 0 Å². The van der Waals surface area contributed by atoms with Gasteiger partial charge in [-0.05, 0) is 37.1 Å². The van der Waals surface area contributed by atoms with Gasteiger partial charge in [0.1, 0.15) is 5.75 Å². The molecule has 2 aromatic rings. The normalized spacial score (nSPS) is 10.5. The van der Waals surface area contributed by atoms with Gasteiger partial charge in [0, 0.05) is 29.9 Å². The number of carbonyl (C=O) groups excluding carboxylic acids is 3. The number of rotatable bonds is 12. The van der Waals surface area contributed by atoms with Gasteiger partial charge in [-0.15, -0.1) is 0 Å². The zero-order valence-corrected chi connectivity index (χ0v) is 20.8. The first kappa shape index (κ1) is 27.2.